The molecule has 0 unspecified atom stereocenters. The Morgan fingerprint density at radius 2 is 1.38 bits per heavy atom. The zero-order valence-electron chi connectivity index (χ0n) is 12.4. The molecule has 0 spiro atoms. The number of nitrogens with zero attached hydrogens (tertiary/aromatic N) is 1. The predicted molar refractivity (Wildman–Crippen MR) is 86.0 cm³/mol. The maximum Gasteiger partial charge on any atom is 0.0720 e. The van der Waals surface area contributed by atoms with Crippen LogP contribution < -0.4 is 0 Å². The first-order valence-electron chi connectivity index (χ1n) is 7.82. The van der Waals surface area contributed by atoms with E-state index < -0.39 is 0 Å². The summed E-state index contributed by atoms with van der Waals surface area (Å²) in [6.45, 7) is 4.07. The largest absolute Gasteiger partial charge is 0.373 e. The molecule has 21 heavy (non-hydrogen) atoms. The van der Waals surface area contributed by atoms with Crippen LogP contribution in [0.1, 0.15) is 24.0 Å². The van der Waals surface area contributed by atoms with E-state index in [1.165, 1.54) is 11.1 Å². The van der Waals surface area contributed by atoms with Crippen LogP contribution in [-0.2, 0) is 17.9 Å². The summed E-state index contributed by atoms with van der Waals surface area (Å²) >= 11 is 0. The second-order valence-electron chi connectivity index (χ2n) is 5.76. The fourth-order valence-corrected chi connectivity index (χ4v) is 2.86. The summed E-state index contributed by atoms with van der Waals surface area (Å²) in [6, 6.07) is 21.2. The third kappa shape index (κ3) is 4.42. The molecular formula is C19H23NO. The van der Waals surface area contributed by atoms with Crippen LogP contribution in [0.4, 0.5) is 0 Å². The summed E-state index contributed by atoms with van der Waals surface area (Å²) in [5, 5.41) is 0. The van der Waals surface area contributed by atoms with E-state index in [4.69, 9.17) is 4.74 Å². The van der Waals surface area contributed by atoms with Crippen LogP contribution in [0, 0.1) is 0 Å². The number of ether oxygens (including phenoxy) is 1. The van der Waals surface area contributed by atoms with Crippen molar-refractivity contribution in [3.05, 3.63) is 71.8 Å². The summed E-state index contributed by atoms with van der Waals surface area (Å²) in [4.78, 5) is 2.53. The number of benzene rings is 2. The maximum atomic E-state index is 6.04. The molecule has 0 amide bonds. The maximum absolute atomic E-state index is 6.04. The van der Waals surface area contributed by atoms with Crippen LogP contribution in [-0.4, -0.2) is 24.1 Å². The minimum atomic E-state index is 0.414. The first-order valence-corrected chi connectivity index (χ1v) is 7.82. The van der Waals surface area contributed by atoms with E-state index in [1.807, 2.05) is 6.07 Å². The van der Waals surface area contributed by atoms with Gasteiger partial charge in [-0.15, -0.1) is 0 Å². The molecule has 0 atom stereocenters. The fraction of sp³-hybridized carbons (Fsp3) is 0.368. The van der Waals surface area contributed by atoms with Crippen LogP contribution >= 0.6 is 0 Å². The molecule has 0 N–H and O–H groups in total. The smallest absolute Gasteiger partial charge is 0.0720 e. The van der Waals surface area contributed by atoms with Crippen molar-refractivity contribution >= 4 is 0 Å². The van der Waals surface area contributed by atoms with Crippen LogP contribution in [0.15, 0.2) is 60.7 Å². The van der Waals surface area contributed by atoms with Gasteiger partial charge in [0, 0.05) is 19.6 Å². The van der Waals surface area contributed by atoms with E-state index in [0.717, 1.165) is 39.1 Å². The molecule has 2 heteroatoms. The molecule has 2 aromatic carbocycles. The van der Waals surface area contributed by atoms with Crippen molar-refractivity contribution in [3.63, 3.8) is 0 Å². The van der Waals surface area contributed by atoms with Gasteiger partial charge >= 0.3 is 0 Å². The van der Waals surface area contributed by atoms with E-state index in [9.17, 15) is 0 Å². The summed E-state index contributed by atoms with van der Waals surface area (Å²) in [7, 11) is 0. The standard InChI is InChI=1S/C19H23NO/c1-3-7-17(8-4-1)15-20-13-11-19(12-14-20)21-16-18-9-5-2-6-10-18/h1-10,19H,11-16H2. The van der Waals surface area contributed by atoms with Gasteiger partial charge in [-0.2, -0.15) is 0 Å². The lowest BCUT2D eigenvalue weighted by Gasteiger charge is -2.32. The molecule has 0 bridgehead atoms. The third-order valence-corrected chi connectivity index (χ3v) is 4.11. The normalized spacial score (nSPS) is 17.0. The molecule has 0 aromatic heterocycles. The molecule has 2 aromatic rings. The highest BCUT2D eigenvalue weighted by Gasteiger charge is 2.19. The van der Waals surface area contributed by atoms with Gasteiger partial charge in [-0.05, 0) is 24.0 Å². The van der Waals surface area contributed by atoms with Gasteiger partial charge in [-0.3, -0.25) is 4.90 Å². The monoisotopic (exact) mass is 281 g/mol. The predicted octanol–water partition coefficient (Wildman–Crippen LogP) is 3.87. The molecule has 1 aliphatic heterocycles. The SMILES string of the molecule is c1ccc(COC2CCN(Cc3ccccc3)CC2)cc1. The second kappa shape index (κ2) is 7.39. The fourth-order valence-electron chi connectivity index (χ4n) is 2.86. The number of likely N-dealkylation sites (tertiary alicyclic amines) is 1. The molecule has 1 saturated heterocycles. The number of hydrogen-bond acceptors (Lipinski definition) is 2. The lowest BCUT2D eigenvalue weighted by atomic mass is 10.1. The van der Waals surface area contributed by atoms with Crippen molar-refractivity contribution in [2.45, 2.75) is 32.1 Å². The Labute approximate surface area is 127 Å². The van der Waals surface area contributed by atoms with Gasteiger partial charge in [0.05, 0.1) is 12.7 Å². The summed E-state index contributed by atoms with van der Waals surface area (Å²) in [5.41, 5.74) is 2.67. The Morgan fingerprint density at radius 1 is 0.810 bits per heavy atom. The van der Waals surface area contributed by atoms with Crippen LogP contribution in [0.25, 0.3) is 0 Å². The van der Waals surface area contributed by atoms with E-state index >= 15 is 0 Å². The second-order valence-corrected chi connectivity index (χ2v) is 5.76. The van der Waals surface area contributed by atoms with Crippen molar-refractivity contribution in [2.24, 2.45) is 0 Å². The van der Waals surface area contributed by atoms with E-state index in [1.54, 1.807) is 0 Å². The molecule has 0 radical (unpaired) electrons. The Balaban J connectivity index is 1.41. The van der Waals surface area contributed by atoms with Crippen molar-refractivity contribution in [1.82, 2.24) is 4.90 Å². The highest BCUT2D eigenvalue weighted by molar-refractivity contribution is 5.15. The van der Waals surface area contributed by atoms with Gasteiger partial charge in [-0.25, -0.2) is 0 Å². The molecule has 0 saturated carbocycles. The van der Waals surface area contributed by atoms with Crippen LogP contribution in [0.2, 0.25) is 0 Å². The molecule has 1 heterocycles. The summed E-state index contributed by atoms with van der Waals surface area (Å²) < 4.78 is 6.04. The minimum absolute atomic E-state index is 0.414. The van der Waals surface area contributed by atoms with E-state index in [0.29, 0.717) is 6.10 Å². The van der Waals surface area contributed by atoms with Crippen LogP contribution in [0.5, 0.6) is 0 Å². The van der Waals surface area contributed by atoms with Crippen molar-refractivity contribution in [1.29, 1.82) is 0 Å². The molecule has 0 aliphatic carbocycles. The summed E-state index contributed by atoms with van der Waals surface area (Å²) in [6.07, 6.45) is 2.69. The van der Waals surface area contributed by atoms with Crippen molar-refractivity contribution in [2.75, 3.05) is 13.1 Å². The highest BCUT2D eigenvalue weighted by Crippen LogP contribution is 2.17. The molecule has 110 valence electrons. The Kier molecular flexibility index (Phi) is 5.03. The average Bonchev–Trinajstić information content (AvgIpc) is 2.56. The first kappa shape index (κ1) is 14.3. The van der Waals surface area contributed by atoms with Gasteiger partial charge in [0.2, 0.25) is 0 Å². The topological polar surface area (TPSA) is 12.5 Å². The van der Waals surface area contributed by atoms with E-state index in [-0.39, 0.29) is 0 Å². The molecule has 1 aliphatic rings. The van der Waals surface area contributed by atoms with Crippen LogP contribution in [0.3, 0.4) is 0 Å². The van der Waals surface area contributed by atoms with Gasteiger partial charge < -0.3 is 4.74 Å². The van der Waals surface area contributed by atoms with Gasteiger partial charge in [-0.1, -0.05) is 60.7 Å². The first-order chi connectivity index (χ1) is 10.4. The molecular weight excluding hydrogens is 258 g/mol. The highest BCUT2D eigenvalue weighted by atomic mass is 16.5. The quantitative estimate of drug-likeness (QED) is 0.825. The third-order valence-electron chi connectivity index (χ3n) is 4.11. The molecule has 2 nitrogen and oxygen atoms in total. The minimum Gasteiger partial charge on any atom is -0.373 e. The average molecular weight is 281 g/mol. The van der Waals surface area contributed by atoms with Gasteiger partial charge in [0.15, 0.2) is 0 Å². The molecule has 1 fully saturated rings. The van der Waals surface area contributed by atoms with E-state index in [2.05, 4.69) is 59.5 Å². The summed E-state index contributed by atoms with van der Waals surface area (Å²) in [5.74, 6) is 0. The number of piperidine rings is 1. The Morgan fingerprint density at radius 3 is 2.00 bits per heavy atom. The zero-order valence-corrected chi connectivity index (χ0v) is 12.4. The number of rotatable bonds is 5. The zero-order chi connectivity index (χ0) is 14.3. The Bertz CT molecular complexity index is 518. The Hall–Kier alpha value is -1.64. The lowest BCUT2D eigenvalue weighted by molar-refractivity contribution is -0.00394. The van der Waals surface area contributed by atoms with Crippen molar-refractivity contribution in [3.8, 4) is 0 Å². The van der Waals surface area contributed by atoms with Crippen molar-refractivity contribution < 1.29 is 4.74 Å². The molecule has 3 rings (SSSR count). The number of hydrogen-bond donors (Lipinski definition) is 0. The van der Waals surface area contributed by atoms with Gasteiger partial charge in [0.1, 0.15) is 0 Å². The lowest BCUT2D eigenvalue weighted by Crippen LogP contribution is -2.36. The van der Waals surface area contributed by atoms with Gasteiger partial charge in [0.25, 0.3) is 0 Å².